The van der Waals surface area contributed by atoms with Gasteiger partial charge in [0, 0.05) is 9.92 Å². The predicted molar refractivity (Wildman–Crippen MR) is 83.3 cm³/mol. The van der Waals surface area contributed by atoms with Crippen molar-refractivity contribution in [1.82, 2.24) is 0 Å². The predicted octanol–water partition coefficient (Wildman–Crippen LogP) is 4.90. The third-order valence-corrected chi connectivity index (χ3v) is 3.86. The summed E-state index contributed by atoms with van der Waals surface area (Å²) in [6, 6.07) is 15.4. The molecule has 0 aliphatic rings. The molecule has 2 rings (SSSR count). The number of hydrogen-bond acceptors (Lipinski definition) is 3. The molecule has 2 aromatic rings. The van der Waals surface area contributed by atoms with Crippen LogP contribution in [-0.4, -0.2) is 5.75 Å². The van der Waals surface area contributed by atoms with Crippen molar-refractivity contribution >= 4 is 23.4 Å². The lowest BCUT2D eigenvalue weighted by atomic mass is 10.2. The van der Waals surface area contributed by atoms with E-state index in [1.165, 1.54) is 0 Å². The van der Waals surface area contributed by atoms with E-state index in [9.17, 15) is 5.26 Å². The van der Waals surface area contributed by atoms with Crippen LogP contribution >= 0.6 is 23.4 Å². The maximum Gasteiger partial charge on any atom is 0.138 e. The molecular weight excluding hydrogens is 290 g/mol. The Kier molecular flexibility index (Phi) is 5.34. The van der Waals surface area contributed by atoms with Crippen LogP contribution in [0.2, 0.25) is 5.02 Å². The summed E-state index contributed by atoms with van der Waals surface area (Å²) in [5, 5.41) is 9.99. The van der Waals surface area contributed by atoms with Gasteiger partial charge in [-0.2, -0.15) is 5.26 Å². The highest BCUT2D eigenvalue weighted by molar-refractivity contribution is 7.99. The van der Waals surface area contributed by atoms with E-state index < -0.39 is 0 Å². The molecule has 0 heterocycles. The SMILES string of the molecule is CCSc1cccc(OCc2cccc(Cl)c2)c1C#N. The zero-order valence-electron chi connectivity index (χ0n) is 11.1. The van der Waals surface area contributed by atoms with Gasteiger partial charge in [-0.3, -0.25) is 0 Å². The molecule has 0 aliphatic heterocycles. The monoisotopic (exact) mass is 303 g/mol. The largest absolute Gasteiger partial charge is 0.487 e. The van der Waals surface area contributed by atoms with Crippen LogP contribution in [0.3, 0.4) is 0 Å². The second kappa shape index (κ2) is 7.23. The quantitative estimate of drug-likeness (QED) is 0.736. The van der Waals surface area contributed by atoms with Crippen LogP contribution in [0, 0.1) is 11.3 Å². The van der Waals surface area contributed by atoms with Gasteiger partial charge in [-0.15, -0.1) is 11.8 Å². The Morgan fingerprint density at radius 3 is 2.75 bits per heavy atom. The van der Waals surface area contributed by atoms with E-state index in [1.807, 2.05) is 42.5 Å². The molecule has 2 nitrogen and oxygen atoms in total. The van der Waals surface area contributed by atoms with Gasteiger partial charge in [0.2, 0.25) is 0 Å². The number of ether oxygens (including phenoxy) is 1. The average molecular weight is 304 g/mol. The van der Waals surface area contributed by atoms with Crippen molar-refractivity contribution in [1.29, 1.82) is 5.26 Å². The Morgan fingerprint density at radius 1 is 1.25 bits per heavy atom. The van der Waals surface area contributed by atoms with Gasteiger partial charge in [-0.05, 0) is 35.6 Å². The van der Waals surface area contributed by atoms with E-state index in [0.29, 0.717) is 22.9 Å². The van der Waals surface area contributed by atoms with Crippen molar-refractivity contribution in [3.63, 3.8) is 0 Å². The molecule has 0 aromatic heterocycles. The second-order valence-electron chi connectivity index (χ2n) is 4.09. The minimum atomic E-state index is 0.398. The fourth-order valence-corrected chi connectivity index (χ4v) is 2.79. The van der Waals surface area contributed by atoms with Crippen molar-refractivity contribution in [2.75, 3.05) is 5.75 Å². The lowest BCUT2D eigenvalue weighted by molar-refractivity contribution is 0.304. The van der Waals surface area contributed by atoms with Crippen molar-refractivity contribution in [3.8, 4) is 11.8 Å². The van der Waals surface area contributed by atoms with Crippen molar-refractivity contribution in [3.05, 3.63) is 58.6 Å². The van der Waals surface area contributed by atoms with Gasteiger partial charge in [0.25, 0.3) is 0 Å². The average Bonchev–Trinajstić information content (AvgIpc) is 2.45. The smallest absolute Gasteiger partial charge is 0.138 e. The minimum absolute atomic E-state index is 0.398. The third-order valence-electron chi connectivity index (χ3n) is 2.68. The van der Waals surface area contributed by atoms with Gasteiger partial charge in [0.05, 0.1) is 0 Å². The summed E-state index contributed by atoms with van der Waals surface area (Å²) in [6.45, 7) is 2.46. The first-order valence-corrected chi connectivity index (χ1v) is 7.64. The van der Waals surface area contributed by atoms with Crippen LogP contribution in [0.5, 0.6) is 5.75 Å². The Labute approximate surface area is 128 Å². The molecule has 0 radical (unpaired) electrons. The zero-order chi connectivity index (χ0) is 14.4. The molecule has 0 spiro atoms. The molecule has 0 bridgehead atoms. The highest BCUT2D eigenvalue weighted by Gasteiger charge is 2.09. The molecule has 0 aliphatic carbocycles. The zero-order valence-corrected chi connectivity index (χ0v) is 12.7. The Balaban J connectivity index is 2.17. The highest BCUT2D eigenvalue weighted by Crippen LogP contribution is 2.29. The second-order valence-corrected chi connectivity index (χ2v) is 5.83. The van der Waals surface area contributed by atoms with Crippen LogP contribution in [0.4, 0.5) is 0 Å². The fraction of sp³-hybridized carbons (Fsp3) is 0.188. The van der Waals surface area contributed by atoms with E-state index in [0.717, 1.165) is 16.2 Å². The van der Waals surface area contributed by atoms with Gasteiger partial charge < -0.3 is 4.74 Å². The lowest BCUT2D eigenvalue weighted by Gasteiger charge is -2.10. The molecule has 0 N–H and O–H groups in total. The molecule has 0 amide bonds. The van der Waals surface area contributed by atoms with E-state index in [4.69, 9.17) is 16.3 Å². The number of thioether (sulfide) groups is 1. The van der Waals surface area contributed by atoms with Crippen LogP contribution in [0.15, 0.2) is 47.4 Å². The molecule has 0 fully saturated rings. The summed E-state index contributed by atoms with van der Waals surface area (Å²) in [6.07, 6.45) is 0. The Morgan fingerprint density at radius 2 is 2.05 bits per heavy atom. The summed E-state index contributed by atoms with van der Waals surface area (Å²) >= 11 is 7.58. The maximum atomic E-state index is 9.30. The van der Waals surface area contributed by atoms with Crippen LogP contribution in [0.1, 0.15) is 18.1 Å². The van der Waals surface area contributed by atoms with Crippen molar-refractivity contribution < 1.29 is 4.74 Å². The first-order chi connectivity index (χ1) is 9.74. The number of nitrogens with zero attached hydrogens (tertiary/aromatic N) is 1. The molecule has 102 valence electrons. The molecular formula is C16H14ClNOS. The van der Waals surface area contributed by atoms with Crippen LogP contribution < -0.4 is 4.74 Å². The van der Waals surface area contributed by atoms with Gasteiger partial charge in [-0.25, -0.2) is 0 Å². The van der Waals surface area contributed by atoms with Crippen LogP contribution in [0.25, 0.3) is 0 Å². The van der Waals surface area contributed by atoms with E-state index in [1.54, 1.807) is 11.8 Å². The first kappa shape index (κ1) is 14.8. The summed E-state index contributed by atoms with van der Waals surface area (Å²) in [5.74, 6) is 1.54. The van der Waals surface area contributed by atoms with E-state index in [-0.39, 0.29) is 0 Å². The molecule has 20 heavy (non-hydrogen) atoms. The summed E-state index contributed by atoms with van der Waals surface area (Å²) in [7, 11) is 0. The van der Waals surface area contributed by atoms with Gasteiger partial charge >= 0.3 is 0 Å². The van der Waals surface area contributed by atoms with Crippen molar-refractivity contribution in [2.45, 2.75) is 18.4 Å². The Bertz CT molecular complexity index is 637. The van der Waals surface area contributed by atoms with Crippen LogP contribution in [-0.2, 0) is 6.61 Å². The highest BCUT2D eigenvalue weighted by atomic mass is 35.5. The van der Waals surface area contributed by atoms with Gasteiger partial charge in [-0.1, -0.05) is 36.7 Å². The molecule has 0 unspecified atom stereocenters. The molecule has 4 heteroatoms. The number of halogens is 1. The molecule has 2 aromatic carbocycles. The summed E-state index contributed by atoms with van der Waals surface area (Å²) in [4.78, 5) is 0.957. The number of rotatable bonds is 5. The summed E-state index contributed by atoms with van der Waals surface area (Å²) < 4.78 is 5.76. The maximum absolute atomic E-state index is 9.30. The normalized spacial score (nSPS) is 10.1. The standard InChI is InChI=1S/C16H14ClNOS/c1-2-20-16-8-4-7-15(14(16)10-18)19-11-12-5-3-6-13(17)9-12/h3-9H,2,11H2,1H3. The topological polar surface area (TPSA) is 33.0 Å². The van der Waals surface area contributed by atoms with Gasteiger partial charge in [0.15, 0.2) is 0 Å². The fourth-order valence-electron chi connectivity index (χ4n) is 1.81. The number of nitriles is 1. The Hall–Kier alpha value is -1.63. The first-order valence-electron chi connectivity index (χ1n) is 6.27. The van der Waals surface area contributed by atoms with Gasteiger partial charge in [0.1, 0.15) is 24.0 Å². The number of hydrogen-bond donors (Lipinski definition) is 0. The summed E-state index contributed by atoms with van der Waals surface area (Å²) in [5.41, 5.74) is 1.58. The molecule has 0 atom stereocenters. The minimum Gasteiger partial charge on any atom is -0.487 e. The number of benzene rings is 2. The molecule has 0 saturated carbocycles. The van der Waals surface area contributed by atoms with Crippen molar-refractivity contribution in [2.24, 2.45) is 0 Å². The van der Waals surface area contributed by atoms with E-state index >= 15 is 0 Å². The lowest BCUT2D eigenvalue weighted by Crippen LogP contribution is -1.98. The third kappa shape index (κ3) is 3.69. The van der Waals surface area contributed by atoms with E-state index in [2.05, 4.69) is 13.0 Å². The molecule has 0 saturated heterocycles.